The number of nitrogens with one attached hydrogen (secondary N) is 1. The van der Waals surface area contributed by atoms with Crippen LogP contribution < -0.4 is 5.32 Å². The van der Waals surface area contributed by atoms with Gasteiger partial charge in [0, 0.05) is 25.7 Å². The molecule has 1 aromatic heterocycles. The topological polar surface area (TPSA) is 28.2 Å². The molecule has 0 radical (unpaired) electrons. The van der Waals surface area contributed by atoms with Crippen LogP contribution >= 0.6 is 11.6 Å². The number of hydrogen-bond donors (Lipinski definition) is 1. The minimum Gasteiger partial charge on any atom is -0.367 e. The Morgan fingerprint density at radius 2 is 1.82 bits per heavy atom. The zero-order chi connectivity index (χ0) is 14.9. The Morgan fingerprint density at radius 1 is 1.05 bits per heavy atom. The number of rotatable bonds is 4. The van der Waals surface area contributed by atoms with Crippen molar-refractivity contribution in [2.24, 2.45) is 11.8 Å². The molecular weight excluding hydrogens is 294 g/mol. The van der Waals surface area contributed by atoms with Gasteiger partial charge in [0.05, 0.1) is 0 Å². The number of nitrogens with zero attached hydrogens (tertiary/aromatic N) is 2. The zero-order valence-electron chi connectivity index (χ0n) is 12.5. The summed E-state index contributed by atoms with van der Waals surface area (Å²) < 4.78 is 0. The molecule has 3 heterocycles. The zero-order valence-corrected chi connectivity index (χ0v) is 13.2. The molecule has 4 heteroatoms. The fraction of sp³-hybridized carbons (Fsp3) is 0.389. The molecule has 1 N–H and O–H groups in total. The van der Waals surface area contributed by atoms with Crippen molar-refractivity contribution in [2.45, 2.75) is 19.0 Å². The van der Waals surface area contributed by atoms with Crippen molar-refractivity contribution < 1.29 is 0 Å². The maximum atomic E-state index is 5.96. The van der Waals surface area contributed by atoms with E-state index < -0.39 is 0 Å². The van der Waals surface area contributed by atoms with E-state index in [0.717, 1.165) is 24.2 Å². The van der Waals surface area contributed by atoms with Gasteiger partial charge in [-0.3, -0.25) is 4.90 Å². The molecule has 1 aromatic carbocycles. The Hall–Kier alpha value is -1.58. The summed E-state index contributed by atoms with van der Waals surface area (Å²) in [7, 11) is 0. The Morgan fingerprint density at radius 3 is 2.55 bits per heavy atom. The first-order valence-corrected chi connectivity index (χ1v) is 8.31. The lowest BCUT2D eigenvalue weighted by Gasteiger charge is -2.54. The van der Waals surface area contributed by atoms with Crippen LogP contribution in [0, 0.1) is 11.8 Å². The summed E-state index contributed by atoms with van der Waals surface area (Å²) in [6.07, 6.45) is 1.34. The summed E-state index contributed by atoms with van der Waals surface area (Å²) in [6, 6.07) is 17.1. The average molecular weight is 314 g/mol. The number of pyridine rings is 1. The smallest absolute Gasteiger partial charge is 0.131 e. The normalized spacial score (nSPS) is 27.2. The third-order valence-corrected chi connectivity index (χ3v) is 5.10. The summed E-state index contributed by atoms with van der Waals surface area (Å²) in [5.41, 5.74) is 1.41. The number of halogens is 1. The molecule has 3 fully saturated rings. The van der Waals surface area contributed by atoms with E-state index in [-0.39, 0.29) is 0 Å². The Balaban J connectivity index is 1.36. The third-order valence-electron chi connectivity index (χ3n) is 4.89. The molecule has 0 amide bonds. The lowest BCUT2D eigenvalue weighted by Crippen LogP contribution is -2.60. The van der Waals surface area contributed by atoms with Crippen molar-refractivity contribution >= 4 is 17.4 Å². The molecule has 22 heavy (non-hydrogen) atoms. The van der Waals surface area contributed by atoms with E-state index in [4.69, 9.17) is 11.6 Å². The van der Waals surface area contributed by atoms with Crippen LogP contribution in [-0.2, 0) is 6.54 Å². The number of piperidine rings is 2. The minimum absolute atomic E-state index is 0.554. The molecule has 2 bridgehead atoms. The van der Waals surface area contributed by atoms with Crippen LogP contribution in [0.15, 0.2) is 48.5 Å². The largest absolute Gasteiger partial charge is 0.367 e. The second-order valence-corrected chi connectivity index (χ2v) is 6.84. The van der Waals surface area contributed by atoms with Crippen LogP contribution in [0.2, 0.25) is 5.15 Å². The van der Waals surface area contributed by atoms with E-state index in [1.54, 1.807) is 0 Å². The first-order valence-electron chi connectivity index (χ1n) is 7.93. The molecule has 2 saturated heterocycles. The highest BCUT2D eigenvalue weighted by molar-refractivity contribution is 6.29. The van der Waals surface area contributed by atoms with Crippen LogP contribution in [0.5, 0.6) is 0 Å². The quantitative estimate of drug-likeness (QED) is 0.873. The summed E-state index contributed by atoms with van der Waals surface area (Å²) in [4.78, 5) is 6.93. The average Bonchev–Trinajstić information content (AvgIpc) is 2.54. The predicted molar refractivity (Wildman–Crippen MR) is 90.0 cm³/mol. The molecular formula is C18H20ClN3. The van der Waals surface area contributed by atoms with Gasteiger partial charge >= 0.3 is 0 Å². The van der Waals surface area contributed by atoms with Gasteiger partial charge in [-0.15, -0.1) is 0 Å². The summed E-state index contributed by atoms with van der Waals surface area (Å²) in [5, 5.41) is 4.14. The van der Waals surface area contributed by atoms with Gasteiger partial charge in [-0.1, -0.05) is 48.0 Å². The summed E-state index contributed by atoms with van der Waals surface area (Å²) >= 11 is 5.96. The van der Waals surface area contributed by atoms with Gasteiger partial charge in [0.1, 0.15) is 11.0 Å². The molecule has 2 atom stereocenters. The highest BCUT2D eigenvalue weighted by Gasteiger charge is 2.46. The number of hydrogen-bond acceptors (Lipinski definition) is 3. The molecule has 2 unspecified atom stereocenters. The van der Waals surface area contributed by atoms with Gasteiger partial charge in [-0.05, 0) is 36.0 Å². The number of benzene rings is 1. The highest BCUT2D eigenvalue weighted by atomic mass is 35.5. The lowest BCUT2D eigenvalue weighted by atomic mass is 9.66. The fourth-order valence-electron chi connectivity index (χ4n) is 3.85. The molecule has 1 aliphatic carbocycles. The van der Waals surface area contributed by atoms with Crippen molar-refractivity contribution in [1.29, 1.82) is 0 Å². The van der Waals surface area contributed by atoms with E-state index in [0.29, 0.717) is 11.2 Å². The Kier molecular flexibility index (Phi) is 3.77. The van der Waals surface area contributed by atoms with Crippen molar-refractivity contribution in [2.75, 3.05) is 18.4 Å². The van der Waals surface area contributed by atoms with Crippen molar-refractivity contribution in [3.63, 3.8) is 0 Å². The van der Waals surface area contributed by atoms with Crippen LogP contribution in [-0.4, -0.2) is 29.0 Å². The van der Waals surface area contributed by atoms with E-state index in [9.17, 15) is 0 Å². The molecule has 0 spiro atoms. The summed E-state index contributed by atoms with van der Waals surface area (Å²) in [5.74, 6) is 2.36. The Bertz CT molecular complexity index is 634. The van der Waals surface area contributed by atoms with Gasteiger partial charge in [0.25, 0.3) is 0 Å². The highest BCUT2D eigenvalue weighted by Crippen LogP contribution is 2.42. The van der Waals surface area contributed by atoms with Crippen molar-refractivity contribution in [3.8, 4) is 0 Å². The minimum atomic E-state index is 0.554. The predicted octanol–water partition coefficient (Wildman–Crippen LogP) is 3.67. The second kappa shape index (κ2) is 5.90. The van der Waals surface area contributed by atoms with Gasteiger partial charge < -0.3 is 5.32 Å². The standard InChI is InChI=1S/C18H20ClN3/c19-16-7-4-8-17(20-16)21-18-14-9-15(18)12-22(11-14)10-13-5-2-1-3-6-13/h1-8,14-15,18H,9-12H2,(H,20,21). The SMILES string of the molecule is Clc1cccc(NC2C3CC2CN(Cc2ccccc2)C3)n1. The lowest BCUT2D eigenvalue weighted by molar-refractivity contribution is 0.00736. The van der Waals surface area contributed by atoms with Gasteiger partial charge in [0.2, 0.25) is 0 Å². The van der Waals surface area contributed by atoms with Crippen molar-refractivity contribution in [1.82, 2.24) is 9.88 Å². The van der Waals surface area contributed by atoms with Crippen molar-refractivity contribution in [3.05, 3.63) is 59.2 Å². The molecule has 114 valence electrons. The molecule has 3 aliphatic rings. The van der Waals surface area contributed by atoms with Gasteiger partial charge in [-0.2, -0.15) is 0 Å². The molecule has 3 nitrogen and oxygen atoms in total. The molecule has 2 aliphatic heterocycles. The molecule has 2 aromatic rings. The maximum absolute atomic E-state index is 5.96. The van der Waals surface area contributed by atoms with E-state index >= 15 is 0 Å². The monoisotopic (exact) mass is 313 g/mol. The molecule has 5 rings (SSSR count). The number of fused-ring (bicyclic) bond motifs is 2. The number of anilines is 1. The first-order chi connectivity index (χ1) is 10.8. The van der Waals surface area contributed by atoms with Gasteiger partial charge in [0.15, 0.2) is 0 Å². The second-order valence-electron chi connectivity index (χ2n) is 6.45. The van der Waals surface area contributed by atoms with E-state index in [1.165, 1.54) is 25.1 Å². The Labute approximate surface area is 136 Å². The molecule has 1 saturated carbocycles. The maximum Gasteiger partial charge on any atom is 0.131 e. The van der Waals surface area contributed by atoms with Crippen LogP contribution in [0.1, 0.15) is 12.0 Å². The van der Waals surface area contributed by atoms with E-state index in [2.05, 4.69) is 45.5 Å². The van der Waals surface area contributed by atoms with E-state index in [1.807, 2.05) is 18.2 Å². The summed E-state index contributed by atoms with van der Waals surface area (Å²) in [6.45, 7) is 3.41. The van der Waals surface area contributed by atoms with Gasteiger partial charge in [-0.25, -0.2) is 4.98 Å². The third kappa shape index (κ3) is 2.83. The van der Waals surface area contributed by atoms with Crippen LogP contribution in [0.3, 0.4) is 0 Å². The van der Waals surface area contributed by atoms with Crippen LogP contribution in [0.4, 0.5) is 5.82 Å². The van der Waals surface area contributed by atoms with Crippen LogP contribution in [0.25, 0.3) is 0 Å². The fourth-order valence-corrected chi connectivity index (χ4v) is 4.01. The number of aromatic nitrogens is 1. The first kappa shape index (κ1) is 14.0.